The summed E-state index contributed by atoms with van der Waals surface area (Å²) in [6.45, 7) is 6.81. The number of carbonyl (C=O) groups excluding carboxylic acids is 1. The van der Waals surface area contributed by atoms with Crippen molar-refractivity contribution in [2.75, 3.05) is 6.61 Å². The lowest BCUT2D eigenvalue weighted by Crippen LogP contribution is -2.20. The minimum Gasteiger partial charge on any atom is -0.481 e. The molecular weight excluding hydrogens is 184 g/mol. The average Bonchev–Trinajstić information content (AvgIpc) is 2.13. The quantitative estimate of drug-likeness (QED) is 0.520. The fourth-order valence-corrected chi connectivity index (χ4v) is 1.01. The maximum Gasteiger partial charge on any atom is 0.308 e. The summed E-state index contributed by atoms with van der Waals surface area (Å²) < 4.78 is 4.78. The predicted octanol–water partition coefficient (Wildman–Crippen LogP) is 1.46. The van der Waals surface area contributed by atoms with Crippen molar-refractivity contribution in [3.63, 3.8) is 0 Å². The van der Waals surface area contributed by atoms with Gasteiger partial charge >= 0.3 is 11.9 Å². The molecule has 2 atom stereocenters. The highest BCUT2D eigenvalue weighted by molar-refractivity contribution is 5.74. The molecule has 0 aliphatic rings. The van der Waals surface area contributed by atoms with Crippen molar-refractivity contribution in [2.24, 2.45) is 11.8 Å². The van der Waals surface area contributed by atoms with E-state index in [1.807, 2.05) is 0 Å². The second-order valence-electron chi connectivity index (χ2n) is 3.29. The highest BCUT2D eigenvalue weighted by atomic mass is 16.5. The fourth-order valence-electron chi connectivity index (χ4n) is 1.01. The summed E-state index contributed by atoms with van der Waals surface area (Å²) in [5, 5.41) is 8.62. The lowest BCUT2D eigenvalue weighted by atomic mass is 9.98. The summed E-state index contributed by atoms with van der Waals surface area (Å²) >= 11 is 0. The number of ether oxygens (including phenoxy) is 1. The van der Waals surface area contributed by atoms with Crippen LogP contribution in [0.15, 0.2) is 12.7 Å². The van der Waals surface area contributed by atoms with Crippen molar-refractivity contribution in [3.8, 4) is 0 Å². The van der Waals surface area contributed by atoms with E-state index in [2.05, 4.69) is 6.58 Å². The second-order valence-corrected chi connectivity index (χ2v) is 3.29. The van der Waals surface area contributed by atoms with Gasteiger partial charge in [-0.05, 0) is 6.42 Å². The second kappa shape index (κ2) is 6.18. The van der Waals surface area contributed by atoms with Crippen LogP contribution in [0.1, 0.15) is 20.3 Å². The van der Waals surface area contributed by atoms with Gasteiger partial charge in [-0.2, -0.15) is 0 Å². The Morgan fingerprint density at radius 2 is 2.00 bits per heavy atom. The van der Waals surface area contributed by atoms with Gasteiger partial charge < -0.3 is 9.84 Å². The van der Waals surface area contributed by atoms with E-state index in [9.17, 15) is 9.59 Å². The Balaban J connectivity index is 3.94. The minimum atomic E-state index is -0.895. The molecule has 0 saturated heterocycles. The molecule has 4 heteroatoms. The average molecular weight is 200 g/mol. The van der Waals surface area contributed by atoms with Gasteiger partial charge in [-0.3, -0.25) is 9.59 Å². The number of rotatable bonds is 6. The first kappa shape index (κ1) is 12.7. The van der Waals surface area contributed by atoms with E-state index < -0.39 is 11.9 Å². The lowest BCUT2D eigenvalue weighted by Gasteiger charge is -2.12. The van der Waals surface area contributed by atoms with E-state index in [0.717, 1.165) is 0 Å². The Bertz CT molecular complexity index is 222. The number of esters is 1. The molecular formula is C10H16O4. The van der Waals surface area contributed by atoms with Gasteiger partial charge in [0.25, 0.3) is 0 Å². The van der Waals surface area contributed by atoms with Crippen LogP contribution in [-0.2, 0) is 14.3 Å². The summed E-state index contributed by atoms with van der Waals surface area (Å²) in [6, 6.07) is 0. The standard InChI is InChI=1S/C10H16O4/c1-4-5-14-10(13)8(3)6-7(2)9(11)12/h4,7-8H,1,5-6H2,2-3H3,(H,11,12)/t7-,8+/m1/s1. The number of carboxylic acids is 1. The Hall–Kier alpha value is -1.32. The van der Waals surface area contributed by atoms with Crippen LogP contribution in [0.5, 0.6) is 0 Å². The molecule has 0 radical (unpaired) electrons. The number of carboxylic acid groups (broad SMARTS) is 1. The highest BCUT2D eigenvalue weighted by Crippen LogP contribution is 2.13. The van der Waals surface area contributed by atoms with E-state index in [-0.39, 0.29) is 18.5 Å². The first-order chi connectivity index (χ1) is 6.49. The molecule has 0 fully saturated rings. The van der Waals surface area contributed by atoms with Gasteiger partial charge in [-0.1, -0.05) is 26.5 Å². The van der Waals surface area contributed by atoms with Crippen LogP contribution in [0.25, 0.3) is 0 Å². The van der Waals surface area contributed by atoms with Crippen molar-refractivity contribution >= 4 is 11.9 Å². The van der Waals surface area contributed by atoms with E-state index in [1.165, 1.54) is 6.08 Å². The summed E-state index contributed by atoms with van der Waals surface area (Å²) in [5.41, 5.74) is 0. The third-order valence-corrected chi connectivity index (χ3v) is 1.87. The zero-order valence-electron chi connectivity index (χ0n) is 8.53. The molecule has 0 aromatic carbocycles. The van der Waals surface area contributed by atoms with Crippen molar-refractivity contribution in [3.05, 3.63) is 12.7 Å². The van der Waals surface area contributed by atoms with Gasteiger partial charge in [0, 0.05) is 0 Å². The molecule has 1 N–H and O–H groups in total. The first-order valence-corrected chi connectivity index (χ1v) is 4.49. The summed E-state index contributed by atoms with van der Waals surface area (Å²) in [5.74, 6) is -2.19. The normalized spacial score (nSPS) is 14.1. The predicted molar refractivity (Wildman–Crippen MR) is 51.7 cm³/mol. The topological polar surface area (TPSA) is 63.6 Å². The molecule has 0 aromatic heterocycles. The van der Waals surface area contributed by atoms with Crippen LogP contribution in [-0.4, -0.2) is 23.7 Å². The number of hydrogen-bond acceptors (Lipinski definition) is 3. The van der Waals surface area contributed by atoms with E-state index >= 15 is 0 Å². The van der Waals surface area contributed by atoms with Crippen LogP contribution >= 0.6 is 0 Å². The van der Waals surface area contributed by atoms with Crippen molar-refractivity contribution < 1.29 is 19.4 Å². The molecule has 80 valence electrons. The summed E-state index contributed by atoms with van der Waals surface area (Å²) in [6.07, 6.45) is 1.77. The minimum absolute atomic E-state index is 0.171. The Kier molecular flexibility index (Phi) is 5.60. The highest BCUT2D eigenvalue weighted by Gasteiger charge is 2.21. The maximum atomic E-state index is 11.2. The van der Waals surface area contributed by atoms with Crippen molar-refractivity contribution in [1.82, 2.24) is 0 Å². The largest absolute Gasteiger partial charge is 0.481 e. The Morgan fingerprint density at radius 1 is 1.43 bits per heavy atom. The van der Waals surface area contributed by atoms with Gasteiger partial charge in [0.1, 0.15) is 6.61 Å². The van der Waals surface area contributed by atoms with Crippen LogP contribution in [0.2, 0.25) is 0 Å². The van der Waals surface area contributed by atoms with Crippen LogP contribution in [0, 0.1) is 11.8 Å². The van der Waals surface area contributed by atoms with Crippen molar-refractivity contribution in [1.29, 1.82) is 0 Å². The molecule has 0 saturated carbocycles. The van der Waals surface area contributed by atoms with Crippen molar-refractivity contribution in [2.45, 2.75) is 20.3 Å². The van der Waals surface area contributed by atoms with Gasteiger partial charge in [0.15, 0.2) is 0 Å². The molecule has 0 aromatic rings. The number of aliphatic carboxylic acids is 1. The Labute approximate surface area is 83.6 Å². The molecule has 0 unspecified atom stereocenters. The third kappa shape index (κ3) is 4.64. The third-order valence-electron chi connectivity index (χ3n) is 1.87. The summed E-state index contributed by atoms with van der Waals surface area (Å²) in [4.78, 5) is 21.7. The smallest absolute Gasteiger partial charge is 0.308 e. The van der Waals surface area contributed by atoms with Crippen LogP contribution < -0.4 is 0 Å². The molecule has 0 aliphatic heterocycles. The molecule has 0 heterocycles. The molecule has 0 spiro atoms. The van der Waals surface area contributed by atoms with Gasteiger partial charge in [0.05, 0.1) is 11.8 Å². The number of carbonyl (C=O) groups is 2. The summed E-state index contributed by atoms with van der Waals surface area (Å²) in [7, 11) is 0. The van der Waals surface area contributed by atoms with Gasteiger partial charge in [0.2, 0.25) is 0 Å². The molecule has 0 amide bonds. The monoisotopic (exact) mass is 200 g/mol. The zero-order valence-corrected chi connectivity index (χ0v) is 8.53. The van der Waals surface area contributed by atoms with Crippen LogP contribution in [0.4, 0.5) is 0 Å². The molecule has 0 aliphatic carbocycles. The molecule has 14 heavy (non-hydrogen) atoms. The van der Waals surface area contributed by atoms with Crippen LogP contribution in [0.3, 0.4) is 0 Å². The van der Waals surface area contributed by atoms with Gasteiger partial charge in [-0.25, -0.2) is 0 Å². The van der Waals surface area contributed by atoms with Gasteiger partial charge in [-0.15, -0.1) is 0 Å². The molecule has 0 bridgehead atoms. The molecule has 0 rings (SSSR count). The van der Waals surface area contributed by atoms with E-state index in [0.29, 0.717) is 6.42 Å². The number of hydrogen-bond donors (Lipinski definition) is 1. The fraction of sp³-hybridized carbons (Fsp3) is 0.600. The molecule has 4 nitrogen and oxygen atoms in total. The van der Waals surface area contributed by atoms with E-state index in [4.69, 9.17) is 9.84 Å². The van der Waals surface area contributed by atoms with E-state index in [1.54, 1.807) is 13.8 Å². The maximum absolute atomic E-state index is 11.2. The zero-order chi connectivity index (χ0) is 11.1. The lowest BCUT2D eigenvalue weighted by molar-refractivity contribution is -0.148. The Morgan fingerprint density at radius 3 is 2.43 bits per heavy atom. The first-order valence-electron chi connectivity index (χ1n) is 4.49. The SMILES string of the molecule is C=CCOC(=O)[C@@H](C)C[C@@H](C)C(=O)O.